The Kier molecular flexibility index (Phi) is 6.18. The lowest BCUT2D eigenvalue weighted by Gasteiger charge is -2.13. The van der Waals surface area contributed by atoms with Crippen LogP contribution in [0.2, 0.25) is 0 Å². The van der Waals surface area contributed by atoms with Crippen molar-refractivity contribution in [2.45, 2.75) is 27.3 Å². The fraction of sp³-hybridized carbons (Fsp3) is 0.467. The first-order valence-electron chi connectivity index (χ1n) is 6.79. The molecule has 0 atom stereocenters. The number of nitrogens with zero attached hydrogens (tertiary/aromatic N) is 3. The molecule has 0 saturated carbocycles. The molecule has 5 heteroatoms. The van der Waals surface area contributed by atoms with E-state index in [0.717, 1.165) is 17.0 Å². The van der Waals surface area contributed by atoms with E-state index in [0.29, 0.717) is 6.54 Å². The highest BCUT2D eigenvalue weighted by Gasteiger charge is 2.12. The minimum Gasteiger partial charge on any atom is -0.468 e. The van der Waals surface area contributed by atoms with E-state index in [1.165, 1.54) is 7.11 Å². The Hall–Kier alpha value is -1.88. The van der Waals surface area contributed by atoms with Crippen LogP contribution < -0.4 is 0 Å². The number of carbonyl (C=O) groups is 1. The standard InChI is InChI=1S/C13H17N3O2.C2H6/c1-10-11(8-15(2)9-13(17)18-3)14-12-6-4-5-7-16(10)12;1-2/h4-7H,8-9H2,1-3H3;1-2H3. The number of ether oxygens (including phenoxy) is 1. The van der Waals surface area contributed by atoms with Crippen LogP contribution in [0.15, 0.2) is 24.4 Å². The summed E-state index contributed by atoms with van der Waals surface area (Å²) in [6.45, 7) is 6.92. The van der Waals surface area contributed by atoms with Gasteiger partial charge in [0.05, 0.1) is 19.3 Å². The van der Waals surface area contributed by atoms with Crippen molar-refractivity contribution >= 4 is 11.6 Å². The van der Waals surface area contributed by atoms with Gasteiger partial charge in [-0.05, 0) is 26.1 Å². The third-order valence-electron chi connectivity index (χ3n) is 2.91. The monoisotopic (exact) mass is 277 g/mol. The van der Waals surface area contributed by atoms with E-state index in [1.54, 1.807) is 0 Å². The van der Waals surface area contributed by atoms with Crippen molar-refractivity contribution < 1.29 is 9.53 Å². The van der Waals surface area contributed by atoms with Crippen molar-refractivity contribution in [3.8, 4) is 0 Å². The van der Waals surface area contributed by atoms with Crippen molar-refractivity contribution in [2.75, 3.05) is 20.7 Å². The smallest absolute Gasteiger partial charge is 0.319 e. The number of rotatable bonds is 4. The Labute approximate surface area is 120 Å². The van der Waals surface area contributed by atoms with E-state index in [1.807, 2.05) is 61.5 Å². The molecule has 0 saturated heterocycles. The highest BCUT2D eigenvalue weighted by Crippen LogP contribution is 2.12. The van der Waals surface area contributed by atoms with Crippen molar-refractivity contribution in [1.29, 1.82) is 0 Å². The third-order valence-corrected chi connectivity index (χ3v) is 2.91. The van der Waals surface area contributed by atoms with Gasteiger partial charge >= 0.3 is 5.97 Å². The second kappa shape index (κ2) is 7.65. The van der Waals surface area contributed by atoms with Crippen LogP contribution in [0.5, 0.6) is 0 Å². The molecule has 2 heterocycles. The van der Waals surface area contributed by atoms with Gasteiger partial charge in [0, 0.05) is 18.4 Å². The van der Waals surface area contributed by atoms with Gasteiger partial charge in [0.25, 0.3) is 0 Å². The maximum atomic E-state index is 11.2. The van der Waals surface area contributed by atoms with E-state index in [4.69, 9.17) is 0 Å². The fourth-order valence-corrected chi connectivity index (χ4v) is 1.91. The number of pyridine rings is 1. The summed E-state index contributed by atoms with van der Waals surface area (Å²) in [5.41, 5.74) is 3.01. The molecule has 0 amide bonds. The maximum absolute atomic E-state index is 11.2. The molecule has 20 heavy (non-hydrogen) atoms. The number of imidazole rings is 1. The van der Waals surface area contributed by atoms with Gasteiger partial charge in [-0.25, -0.2) is 4.98 Å². The van der Waals surface area contributed by atoms with Gasteiger partial charge in [-0.15, -0.1) is 0 Å². The molecule has 0 fully saturated rings. The first-order valence-corrected chi connectivity index (χ1v) is 6.79. The molecule has 110 valence electrons. The lowest BCUT2D eigenvalue weighted by Crippen LogP contribution is -2.26. The predicted octanol–water partition coefficient (Wildman–Crippen LogP) is 2.27. The first kappa shape index (κ1) is 16.2. The summed E-state index contributed by atoms with van der Waals surface area (Å²) in [5.74, 6) is -0.237. The summed E-state index contributed by atoms with van der Waals surface area (Å²) in [7, 11) is 3.27. The van der Waals surface area contributed by atoms with Crippen molar-refractivity contribution in [2.24, 2.45) is 0 Å². The normalized spacial score (nSPS) is 10.3. The second-order valence-electron chi connectivity index (χ2n) is 4.32. The van der Waals surface area contributed by atoms with E-state index >= 15 is 0 Å². The Bertz CT molecular complexity index is 563. The number of methoxy groups -OCH3 is 1. The largest absolute Gasteiger partial charge is 0.468 e. The summed E-state index contributed by atoms with van der Waals surface area (Å²) in [6.07, 6.45) is 1.99. The molecule has 2 rings (SSSR count). The molecule has 0 N–H and O–H groups in total. The van der Waals surface area contributed by atoms with Crippen molar-refractivity contribution in [3.05, 3.63) is 35.8 Å². The van der Waals surface area contributed by atoms with Crippen molar-refractivity contribution in [1.82, 2.24) is 14.3 Å². The molecule has 0 aromatic carbocycles. The van der Waals surface area contributed by atoms with Gasteiger partial charge < -0.3 is 9.14 Å². The van der Waals surface area contributed by atoms with E-state index in [9.17, 15) is 4.79 Å². The van der Waals surface area contributed by atoms with Crippen LogP contribution in [0.25, 0.3) is 5.65 Å². The molecule has 2 aromatic rings. The van der Waals surface area contributed by atoms with Gasteiger partial charge in [0.1, 0.15) is 5.65 Å². The SMILES string of the molecule is CC.COC(=O)CN(C)Cc1nc2ccccn2c1C. The number of aromatic nitrogens is 2. The summed E-state index contributed by atoms with van der Waals surface area (Å²) >= 11 is 0. The van der Waals surface area contributed by atoms with Crippen LogP contribution >= 0.6 is 0 Å². The number of carbonyl (C=O) groups excluding carboxylic acids is 1. The summed E-state index contributed by atoms with van der Waals surface area (Å²) in [5, 5.41) is 0. The topological polar surface area (TPSA) is 46.8 Å². The average Bonchev–Trinajstić information content (AvgIpc) is 2.78. The molecular formula is C15H23N3O2. The number of aryl methyl sites for hydroxylation is 1. The molecule has 5 nitrogen and oxygen atoms in total. The second-order valence-corrected chi connectivity index (χ2v) is 4.32. The highest BCUT2D eigenvalue weighted by atomic mass is 16.5. The van der Waals surface area contributed by atoms with E-state index < -0.39 is 0 Å². The molecule has 0 aliphatic carbocycles. The summed E-state index contributed by atoms with van der Waals surface area (Å²) in [6, 6.07) is 5.91. The Balaban J connectivity index is 0.000000956. The quantitative estimate of drug-likeness (QED) is 0.804. The molecular weight excluding hydrogens is 254 g/mol. The third kappa shape index (κ3) is 3.81. The Morgan fingerprint density at radius 1 is 1.40 bits per heavy atom. The average molecular weight is 277 g/mol. The first-order chi connectivity index (χ1) is 9.61. The number of fused-ring (bicyclic) bond motifs is 1. The van der Waals surface area contributed by atoms with E-state index in [-0.39, 0.29) is 12.5 Å². The lowest BCUT2D eigenvalue weighted by molar-refractivity contribution is -0.141. The zero-order valence-electron chi connectivity index (χ0n) is 12.9. The van der Waals surface area contributed by atoms with Gasteiger partial charge in [0.15, 0.2) is 0 Å². The Morgan fingerprint density at radius 2 is 2.10 bits per heavy atom. The maximum Gasteiger partial charge on any atom is 0.319 e. The van der Waals surface area contributed by atoms with Gasteiger partial charge in [0.2, 0.25) is 0 Å². The van der Waals surface area contributed by atoms with Crippen LogP contribution in [0.4, 0.5) is 0 Å². The van der Waals surface area contributed by atoms with Gasteiger partial charge in [-0.3, -0.25) is 9.69 Å². The number of likely N-dealkylation sites (N-methyl/N-ethyl adjacent to an activating group) is 1. The number of hydrogen-bond acceptors (Lipinski definition) is 4. The van der Waals surface area contributed by atoms with Crippen LogP contribution in [0.3, 0.4) is 0 Å². The molecule has 0 aliphatic heterocycles. The summed E-state index contributed by atoms with van der Waals surface area (Å²) in [4.78, 5) is 17.6. The molecule has 0 spiro atoms. The zero-order chi connectivity index (χ0) is 15.1. The molecule has 2 aromatic heterocycles. The zero-order valence-corrected chi connectivity index (χ0v) is 12.9. The minimum atomic E-state index is -0.237. The number of esters is 1. The molecule has 0 radical (unpaired) electrons. The Morgan fingerprint density at radius 3 is 2.70 bits per heavy atom. The number of hydrogen-bond donors (Lipinski definition) is 0. The molecule has 0 bridgehead atoms. The highest BCUT2D eigenvalue weighted by molar-refractivity contribution is 5.71. The van der Waals surface area contributed by atoms with Crippen LogP contribution in [-0.4, -0.2) is 41.0 Å². The van der Waals surface area contributed by atoms with Crippen LogP contribution in [0.1, 0.15) is 25.2 Å². The van der Waals surface area contributed by atoms with Gasteiger partial charge in [-0.1, -0.05) is 19.9 Å². The van der Waals surface area contributed by atoms with E-state index in [2.05, 4.69) is 9.72 Å². The molecule has 0 aliphatic rings. The van der Waals surface area contributed by atoms with Crippen LogP contribution in [-0.2, 0) is 16.1 Å². The fourth-order valence-electron chi connectivity index (χ4n) is 1.91. The van der Waals surface area contributed by atoms with Gasteiger partial charge in [-0.2, -0.15) is 0 Å². The minimum absolute atomic E-state index is 0.237. The lowest BCUT2D eigenvalue weighted by atomic mass is 10.3. The summed E-state index contributed by atoms with van der Waals surface area (Å²) < 4.78 is 6.68. The van der Waals surface area contributed by atoms with Crippen LogP contribution in [0, 0.1) is 6.92 Å². The van der Waals surface area contributed by atoms with Crippen molar-refractivity contribution in [3.63, 3.8) is 0 Å². The predicted molar refractivity (Wildman–Crippen MR) is 79.6 cm³/mol. The molecule has 0 unspecified atom stereocenters.